The Labute approximate surface area is 115 Å². The van der Waals surface area contributed by atoms with Crippen molar-refractivity contribution in [3.63, 3.8) is 0 Å². The van der Waals surface area contributed by atoms with Gasteiger partial charge < -0.3 is 4.84 Å². The predicted molar refractivity (Wildman–Crippen MR) is 76.3 cm³/mol. The van der Waals surface area contributed by atoms with Gasteiger partial charge in [0.1, 0.15) is 5.54 Å². The van der Waals surface area contributed by atoms with Crippen LogP contribution >= 0.6 is 15.9 Å². The Morgan fingerprint density at radius 3 is 2.78 bits per heavy atom. The molecule has 18 heavy (non-hydrogen) atoms. The maximum Gasteiger partial charge on any atom is 0.157 e. The molecule has 1 aromatic rings. The molecule has 0 aromatic heterocycles. The molecule has 0 bridgehead atoms. The van der Waals surface area contributed by atoms with Crippen molar-refractivity contribution in [2.24, 2.45) is 10.1 Å². The van der Waals surface area contributed by atoms with E-state index in [1.807, 2.05) is 12.1 Å². The van der Waals surface area contributed by atoms with Crippen LogP contribution in [-0.4, -0.2) is 23.1 Å². The number of nitrogens with zero attached hydrogens (tertiary/aromatic N) is 2. The SMILES string of the molecule is CC1=NC2(C)CC(c3ccc(Br)cc3)=NOC2C1. The highest BCUT2D eigenvalue weighted by Gasteiger charge is 2.44. The molecule has 0 N–H and O–H groups in total. The van der Waals surface area contributed by atoms with E-state index in [1.165, 1.54) is 0 Å². The minimum absolute atomic E-state index is 0.108. The summed E-state index contributed by atoms with van der Waals surface area (Å²) in [6.45, 7) is 4.22. The summed E-state index contributed by atoms with van der Waals surface area (Å²) >= 11 is 3.44. The number of rotatable bonds is 1. The van der Waals surface area contributed by atoms with E-state index in [2.05, 4.69) is 47.1 Å². The van der Waals surface area contributed by atoms with Gasteiger partial charge in [0.05, 0.1) is 5.71 Å². The second-order valence-corrected chi connectivity index (χ2v) is 6.14. The molecule has 0 saturated heterocycles. The molecular weight excluding hydrogens is 292 g/mol. The topological polar surface area (TPSA) is 34.0 Å². The normalized spacial score (nSPS) is 30.3. The zero-order valence-corrected chi connectivity index (χ0v) is 12.1. The minimum atomic E-state index is -0.145. The Bertz CT molecular complexity index is 535. The summed E-state index contributed by atoms with van der Waals surface area (Å²) in [4.78, 5) is 10.4. The lowest BCUT2D eigenvalue weighted by molar-refractivity contribution is 0.0115. The summed E-state index contributed by atoms with van der Waals surface area (Å²) in [6.07, 6.45) is 1.85. The summed E-state index contributed by atoms with van der Waals surface area (Å²) in [5.74, 6) is 0. The van der Waals surface area contributed by atoms with Crippen LogP contribution in [0.1, 0.15) is 32.3 Å². The lowest BCUT2D eigenvalue weighted by Gasteiger charge is -2.32. The lowest BCUT2D eigenvalue weighted by Crippen LogP contribution is -2.40. The van der Waals surface area contributed by atoms with Crippen molar-refractivity contribution in [1.29, 1.82) is 0 Å². The fourth-order valence-corrected chi connectivity index (χ4v) is 2.91. The van der Waals surface area contributed by atoms with Gasteiger partial charge in [-0.05, 0) is 31.5 Å². The Balaban J connectivity index is 1.90. The summed E-state index contributed by atoms with van der Waals surface area (Å²) < 4.78 is 1.07. The molecule has 2 atom stereocenters. The van der Waals surface area contributed by atoms with Gasteiger partial charge in [-0.15, -0.1) is 0 Å². The van der Waals surface area contributed by atoms with Crippen molar-refractivity contribution in [3.05, 3.63) is 34.3 Å². The number of aliphatic imine (C=N–C) groups is 1. The van der Waals surface area contributed by atoms with E-state index in [4.69, 9.17) is 9.83 Å². The Morgan fingerprint density at radius 1 is 1.33 bits per heavy atom. The van der Waals surface area contributed by atoms with Crippen LogP contribution in [0, 0.1) is 0 Å². The summed E-state index contributed by atoms with van der Waals surface area (Å²) in [6, 6.07) is 8.16. The molecule has 0 aliphatic carbocycles. The fraction of sp³-hybridized carbons (Fsp3) is 0.429. The molecule has 3 nitrogen and oxygen atoms in total. The number of halogens is 1. The number of oxime groups is 1. The minimum Gasteiger partial charge on any atom is -0.389 e. The van der Waals surface area contributed by atoms with Crippen molar-refractivity contribution >= 4 is 27.4 Å². The third-order valence-electron chi connectivity index (χ3n) is 3.61. The molecule has 0 radical (unpaired) electrons. The van der Waals surface area contributed by atoms with Gasteiger partial charge in [0.25, 0.3) is 0 Å². The van der Waals surface area contributed by atoms with Gasteiger partial charge in [-0.2, -0.15) is 0 Å². The fourth-order valence-electron chi connectivity index (χ4n) is 2.64. The maximum atomic E-state index is 5.63. The Morgan fingerprint density at radius 2 is 2.06 bits per heavy atom. The molecule has 0 amide bonds. The molecule has 0 saturated carbocycles. The van der Waals surface area contributed by atoms with Crippen LogP contribution in [0.15, 0.2) is 38.9 Å². The number of hydrogen-bond donors (Lipinski definition) is 0. The van der Waals surface area contributed by atoms with Gasteiger partial charge in [0, 0.05) is 23.0 Å². The number of hydrogen-bond acceptors (Lipinski definition) is 3. The smallest absolute Gasteiger partial charge is 0.157 e. The molecule has 2 aliphatic heterocycles. The first-order chi connectivity index (χ1) is 8.57. The molecule has 1 aromatic carbocycles. The first-order valence-corrected chi connectivity index (χ1v) is 6.90. The lowest BCUT2D eigenvalue weighted by atomic mass is 9.87. The average Bonchev–Trinajstić information content (AvgIpc) is 2.63. The zero-order chi connectivity index (χ0) is 12.8. The first-order valence-electron chi connectivity index (χ1n) is 6.11. The van der Waals surface area contributed by atoms with E-state index < -0.39 is 0 Å². The van der Waals surface area contributed by atoms with Gasteiger partial charge in [-0.1, -0.05) is 33.2 Å². The molecule has 0 spiro atoms. The van der Waals surface area contributed by atoms with Crippen molar-refractivity contribution in [2.75, 3.05) is 0 Å². The van der Waals surface area contributed by atoms with Gasteiger partial charge >= 0.3 is 0 Å². The zero-order valence-electron chi connectivity index (χ0n) is 10.5. The summed E-state index contributed by atoms with van der Waals surface area (Å²) in [7, 11) is 0. The van der Waals surface area contributed by atoms with E-state index in [-0.39, 0.29) is 11.6 Å². The van der Waals surface area contributed by atoms with E-state index in [1.54, 1.807) is 0 Å². The summed E-state index contributed by atoms with van der Waals surface area (Å²) in [5.41, 5.74) is 3.11. The van der Waals surface area contributed by atoms with Crippen molar-refractivity contribution in [3.8, 4) is 0 Å². The van der Waals surface area contributed by atoms with Crippen LogP contribution in [0.2, 0.25) is 0 Å². The van der Waals surface area contributed by atoms with Gasteiger partial charge in [0.2, 0.25) is 0 Å². The molecule has 0 fully saturated rings. The van der Waals surface area contributed by atoms with Crippen LogP contribution in [0.4, 0.5) is 0 Å². The highest BCUT2D eigenvalue weighted by molar-refractivity contribution is 9.10. The average molecular weight is 307 g/mol. The first kappa shape index (κ1) is 11.9. The van der Waals surface area contributed by atoms with Crippen LogP contribution in [-0.2, 0) is 4.84 Å². The molecule has 3 rings (SSSR count). The standard InChI is InChI=1S/C14H15BrN2O/c1-9-7-13-14(2,16-9)8-12(17-18-13)10-3-5-11(15)6-4-10/h3-6,13H,7-8H2,1-2H3. The van der Waals surface area contributed by atoms with Crippen LogP contribution in [0.3, 0.4) is 0 Å². The Kier molecular flexibility index (Phi) is 2.77. The molecule has 4 heteroatoms. The molecule has 2 unspecified atom stereocenters. The second kappa shape index (κ2) is 4.19. The van der Waals surface area contributed by atoms with Gasteiger partial charge in [-0.3, -0.25) is 4.99 Å². The van der Waals surface area contributed by atoms with Gasteiger partial charge in [0.15, 0.2) is 6.10 Å². The highest BCUT2D eigenvalue weighted by Crippen LogP contribution is 2.36. The molecule has 2 aliphatic rings. The molecular formula is C14H15BrN2O. The molecule has 2 heterocycles. The number of fused-ring (bicyclic) bond motifs is 1. The van der Waals surface area contributed by atoms with Crippen molar-refractivity contribution in [2.45, 2.75) is 38.3 Å². The largest absolute Gasteiger partial charge is 0.389 e. The monoisotopic (exact) mass is 306 g/mol. The van der Waals surface area contributed by atoms with E-state index >= 15 is 0 Å². The quantitative estimate of drug-likeness (QED) is 0.781. The highest BCUT2D eigenvalue weighted by atomic mass is 79.9. The third kappa shape index (κ3) is 1.99. The summed E-state index contributed by atoms with van der Waals surface area (Å²) in [5, 5.41) is 4.28. The molecule has 94 valence electrons. The van der Waals surface area contributed by atoms with Crippen LogP contribution < -0.4 is 0 Å². The second-order valence-electron chi connectivity index (χ2n) is 5.22. The Hall–Kier alpha value is -1.16. The number of benzene rings is 1. The van der Waals surface area contributed by atoms with Gasteiger partial charge in [-0.25, -0.2) is 0 Å². The van der Waals surface area contributed by atoms with E-state index in [9.17, 15) is 0 Å². The van der Waals surface area contributed by atoms with Crippen LogP contribution in [0.5, 0.6) is 0 Å². The van der Waals surface area contributed by atoms with E-state index in [0.717, 1.165) is 34.3 Å². The van der Waals surface area contributed by atoms with Crippen molar-refractivity contribution in [1.82, 2.24) is 0 Å². The predicted octanol–water partition coefficient (Wildman–Crippen LogP) is 3.57. The van der Waals surface area contributed by atoms with Crippen LogP contribution in [0.25, 0.3) is 0 Å². The maximum absolute atomic E-state index is 5.63. The van der Waals surface area contributed by atoms with E-state index in [0.29, 0.717) is 0 Å². The third-order valence-corrected chi connectivity index (χ3v) is 4.14. The van der Waals surface area contributed by atoms with Crippen molar-refractivity contribution < 1.29 is 4.84 Å².